The van der Waals surface area contributed by atoms with Crippen LogP contribution in [0.5, 0.6) is 0 Å². The summed E-state index contributed by atoms with van der Waals surface area (Å²) in [4.78, 5) is 38.8. The van der Waals surface area contributed by atoms with Crippen LogP contribution >= 0.6 is 0 Å². The molecule has 1 aromatic heterocycles. The van der Waals surface area contributed by atoms with Crippen molar-refractivity contribution in [2.24, 2.45) is 5.92 Å². The minimum Gasteiger partial charge on any atom is -0.480 e. The minimum atomic E-state index is -1.12. The van der Waals surface area contributed by atoms with Gasteiger partial charge in [0.15, 0.2) is 0 Å². The van der Waals surface area contributed by atoms with E-state index < -0.39 is 23.9 Å². The van der Waals surface area contributed by atoms with Gasteiger partial charge in [0.2, 0.25) is 5.91 Å². The number of carbonyl (C=O) groups excluding carboxylic acids is 2. The van der Waals surface area contributed by atoms with Crippen LogP contribution in [0.4, 0.5) is 10.6 Å². The summed E-state index contributed by atoms with van der Waals surface area (Å²) in [5, 5.41) is 11.6. The molecule has 1 aliphatic carbocycles. The van der Waals surface area contributed by atoms with Gasteiger partial charge in [-0.25, -0.2) is 19.5 Å². The first kappa shape index (κ1) is 20.7. The van der Waals surface area contributed by atoms with Gasteiger partial charge in [0.25, 0.3) is 0 Å². The average Bonchev–Trinajstić information content (AvgIpc) is 2.60. The molecule has 0 radical (unpaired) electrons. The molecule has 8 nitrogen and oxygen atoms in total. The molecule has 27 heavy (non-hydrogen) atoms. The largest absolute Gasteiger partial charge is 0.480 e. The fraction of sp³-hybridized carbons (Fsp3) is 0.579. The number of amides is 3. The van der Waals surface area contributed by atoms with Gasteiger partial charge in [-0.3, -0.25) is 4.79 Å². The maximum atomic E-state index is 11.9. The summed E-state index contributed by atoms with van der Waals surface area (Å²) in [6, 6.07) is 2.17. The van der Waals surface area contributed by atoms with Crippen LogP contribution in [-0.4, -0.2) is 45.0 Å². The lowest BCUT2D eigenvalue weighted by Crippen LogP contribution is -2.63. The molecule has 0 bridgehead atoms. The van der Waals surface area contributed by atoms with E-state index in [0.717, 1.165) is 23.3 Å². The fourth-order valence-electron chi connectivity index (χ4n) is 3.44. The van der Waals surface area contributed by atoms with E-state index in [1.807, 2.05) is 26.0 Å². The first-order valence-corrected chi connectivity index (χ1v) is 9.33. The molecule has 2 fully saturated rings. The van der Waals surface area contributed by atoms with Gasteiger partial charge in [0, 0.05) is 12.2 Å². The summed E-state index contributed by atoms with van der Waals surface area (Å²) in [5.41, 5.74) is 6.50. The quantitative estimate of drug-likeness (QED) is 0.695. The molecule has 8 heteroatoms. The third-order valence-corrected chi connectivity index (χ3v) is 5.10. The number of nitrogens with two attached hydrogens (primary N) is 1. The highest BCUT2D eigenvalue weighted by molar-refractivity contribution is 6.05. The highest BCUT2D eigenvalue weighted by Gasteiger charge is 2.46. The molecule has 2 aliphatic rings. The Bertz CT molecular complexity index is 671. The second kappa shape index (κ2) is 9.34. The molecule has 3 amide bonds. The lowest BCUT2D eigenvalue weighted by Gasteiger charge is -2.37. The minimum absolute atomic E-state index is 0.0179. The molecule has 0 spiro atoms. The molecule has 1 aliphatic heterocycles. The number of likely N-dealkylation sites (tertiary alicyclic amines) is 1. The van der Waals surface area contributed by atoms with Crippen molar-refractivity contribution in [2.75, 3.05) is 5.73 Å². The number of carboxylic acid groups (broad SMARTS) is 1. The number of aryl methyl sites for hydroxylation is 1. The third kappa shape index (κ3) is 5.67. The number of hydrogen-bond donors (Lipinski definition) is 3. The Morgan fingerprint density at radius 1 is 1.33 bits per heavy atom. The second-order valence-electron chi connectivity index (χ2n) is 7.22. The molecule has 1 saturated carbocycles. The van der Waals surface area contributed by atoms with Crippen LogP contribution in [0.2, 0.25) is 0 Å². The third-order valence-electron chi connectivity index (χ3n) is 5.10. The van der Waals surface area contributed by atoms with Gasteiger partial charge in [0.1, 0.15) is 11.9 Å². The molecular formula is C19H28N4O4. The number of rotatable bonds is 3. The number of pyridine rings is 1. The van der Waals surface area contributed by atoms with Crippen molar-refractivity contribution in [1.29, 1.82) is 0 Å². The van der Waals surface area contributed by atoms with Gasteiger partial charge >= 0.3 is 12.0 Å². The van der Waals surface area contributed by atoms with E-state index in [1.165, 1.54) is 19.3 Å². The van der Waals surface area contributed by atoms with E-state index in [9.17, 15) is 14.4 Å². The first-order valence-electron chi connectivity index (χ1n) is 9.33. The molecule has 2 atom stereocenters. The number of carbonyl (C=O) groups is 3. The van der Waals surface area contributed by atoms with Crippen molar-refractivity contribution >= 4 is 23.7 Å². The van der Waals surface area contributed by atoms with Crippen LogP contribution in [0.25, 0.3) is 0 Å². The normalized spacial score (nSPS) is 20.7. The summed E-state index contributed by atoms with van der Waals surface area (Å²) < 4.78 is 0. The molecule has 1 aromatic rings. The number of hydrogen-bond acceptors (Lipinski definition) is 5. The SMILES string of the molecule is CC(NC(=O)N1C(=O)C[C@H]1C(=O)O)C1CCCCC1.Cc1ccnc(N)c1. The van der Waals surface area contributed by atoms with Crippen molar-refractivity contribution in [2.45, 2.75) is 64.5 Å². The fourth-order valence-corrected chi connectivity index (χ4v) is 3.44. The van der Waals surface area contributed by atoms with Gasteiger partial charge in [-0.1, -0.05) is 19.3 Å². The molecule has 2 heterocycles. The van der Waals surface area contributed by atoms with Crippen molar-refractivity contribution in [1.82, 2.24) is 15.2 Å². The van der Waals surface area contributed by atoms with Crippen molar-refractivity contribution in [3.05, 3.63) is 23.9 Å². The van der Waals surface area contributed by atoms with Crippen LogP contribution in [0.1, 0.15) is 51.0 Å². The van der Waals surface area contributed by atoms with Gasteiger partial charge in [-0.15, -0.1) is 0 Å². The molecule has 0 aromatic carbocycles. The number of carboxylic acids is 1. The van der Waals surface area contributed by atoms with Crippen LogP contribution in [-0.2, 0) is 9.59 Å². The zero-order valence-corrected chi connectivity index (χ0v) is 15.9. The van der Waals surface area contributed by atoms with E-state index in [2.05, 4.69) is 10.3 Å². The van der Waals surface area contributed by atoms with Crippen molar-refractivity contribution < 1.29 is 19.5 Å². The number of urea groups is 1. The molecule has 3 rings (SSSR count). The van der Waals surface area contributed by atoms with E-state index in [-0.39, 0.29) is 12.5 Å². The predicted molar refractivity (Wildman–Crippen MR) is 101 cm³/mol. The van der Waals surface area contributed by atoms with E-state index in [1.54, 1.807) is 6.20 Å². The van der Waals surface area contributed by atoms with Gasteiger partial charge in [-0.2, -0.15) is 0 Å². The van der Waals surface area contributed by atoms with Gasteiger partial charge in [0.05, 0.1) is 6.42 Å². The van der Waals surface area contributed by atoms with E-state index >= 15 is 0 Å². The zero-order valence-electron chi connectivity index (χ0n) is 15.9. The summed E-state index contributed by atoms with van der Waals surface area (Å²) in [6.07, 6.45) is 7.36. The highest BCUT2D eigenvalue weighted by atomic mass is 16.4. The summed E-state index contributed by atoms with van der Waals surface area (Å²) >= 11 is 0. The Labute approximate surface area is 159 Å². The summed E-state index contributed by atoms with van der Waals surface area (Å²) in [7, 11) is 0. The number of nitrogens with one attached hydrogen (secondary N) is 1. The lowest BCUT2D eigenvalue weighted by atomic mass is 9.84. The first-order chi connectivity index (χ1) is 12.8. The Kier molecular flexibility index (Phi) is 7.15. The maximum Gasteiger partial charge on any atom is 0.327 e. The van der Waals surface area contributed by atoms with Crippen molar-refractivity contribution in [3.63, 3.8) is 0 Å². The molecular weight excluding hydrogens is 348 g/mol. The predicted octanol–water partition coefficient (Wildman–Crippen LogP) is 2.32. The number of imide groups is 1. The summed E-state index contributed by atoms with van der Waals surface area (Å²) in [5.74, 6) is -0.525. The topological polar surface area (TPSA) is 126 Å². The molecule has 1 unspecified atom stereocenters. The number of β-lactam (4-membered cyclic amide) rings is 1. The maximum absolute atomic E-state index is 11.9. The van der Waals surface area contributed by atoms with Crippen LogP contribution < -0.4 is 11.1 Å². The van der Waals surface area contributed by atoms with Crippen LogP contribution in [0.3, 0.4) is 0 Å². The smallest absolute Gasteiger partial charge is 0.327 e. The highest BCUT2D eigenvalue weighted by Crippen LogP contribution is 2.27. The number of anilines is 1. The average molecular weight is 376 g/mol. The number of aromatic nitrogens is 1. The Morgan fingerprint density at radius 2 is 2.00 bits per heavy atom. The molecule has 1 saturated heterocycles. The van der Waals surface area contributed by atoms with Crippen LogP contribution in [0.15, 0.2) is 18.3 Å². The molecule has 4 N–H and O–H groups in total. The van der Waals surface area contributed by atoms with E-state index in [0.29, 0.717) is 11.7 Å². The standard InChI is InChI=1S/C13H20N2O4.C6H8N2/c1-8(9-5-3-2-4-6-9)14-13(19)15-10(12(17)18)7-11(15)16;1-5-2-3-8-6(7)4-5/h8-10H,2-7H2,1H3,(H,14,19)(H,17,18);2-4H,1H3,(H2,7,8)/t8?,10-;/m0./s1. The second-order valence-corrected chi connectivity index (χ2v) is 7.22. The van der Waals surface area contributed by atoms with Crippen LogP contribution in [0, 0.1) is 12.8 Å². The molecule has 148 valence electrons. The number of nitrogens with zero attached hydrogens (tertiary/aromatic N) is 2. The van der Waals surface area contributed by atoms with Gasteiger partial charge < -0.3 is 16.2 Å². The summed E-state index contributed by atoms with van der Waals surface area (Å²) in [6.45, 7) is 3.91. The zero-order chi connectivity index (χ0) is 20.0. The monoisotopic (exact) mass is 376 g/mol. The van der Waals surface area contributed by atoms with Gasteiger partial charge in [-0.05, 0) is 50.3 Å². The van der Waals surface area contributed by atoms with Crippen molar-refractivity contribution in [3.8, 4) is 0 Å². The Morgan fingerprint density at radius 3 is 2.48 bits per heavy atom. The Hall–Kier alpha value is -2.64. The number of nitrogen functional groups attached to an aromatic ring is 1. The lowest BCUT2D eigenvalue weighted by molar-refractivity contribution is -0.157. The number of aliphatic carboxylic acids is 1. The van der Waals surface area contributed by atoms with E-state index in [4.69, 9.17) is 10.8 Å². The Balaban J connectivity index is 0.000000273.